The van der Waals surface area contributed by atoms with Gasteiger partial charge in [0.05, 0.1) is 6.54 Å². The lowest BCUT2D eigenvalue weighted by Crippen LogP contribution is -2.30. The van der Waals surface area contributed by atoms with E-state index in [-0.39, 0.29) is 31.5 Å². The minimum atomic E-state index is -0.540. The molecule has 2 N–H and O–H groups in total. The molecule has 1 saturated heterocycles. The van der Waals surface area contributed by atoms with Gasteiger partial charge in [0.2, 0.25) is 0 Å². The molecule has 1 fully saturated rings. The van der Waals surface area contributed by atoms with Crippen LogP contribution in [0.5, 0.6) is 5.75 Å². The summed E-state index contributed by atoms with van der Waals surface area (Å²) in [5, 5.41) is 5.25. The summed E-state index contributed by atoms with van der Waals surface area (Å²) in [5.41, 5.74) is 0.896. The molecule has 2 aliphatic heterocycles. The molecule has 2 aromatic rings. The van der Waals surface area contributed by atoms with Crippen LogP contribution in [-0.4, -0.2) is 48.9 Å². The number of carbonyl (C=O) groups excluding carboxylic acids is 3. The Hall–Kier alpha value is -3.82. The summed E-state index contributed by atoms with van der Waals surface area (Å²) in [7, 11) is 0. The molecule has 0 aliphatic carbocycles. The van der Waals surface area contributed by atoms with Crippen molar-refractivity contribution >= 4 is 29.7 Å². The third-order valence-electron chi connectivity index (χ3n) is 4.56. The zero-order valence-electron chi connectivity index (χ0n) is 16.0. The molecule has 1 unspecified atom stereocenters. The molecule has 10 heteroatoms. The van der Waals surface area contributed by atoms with Crippen LogP contribution in [0.25, 0.3) is 0 Å². The molecular formula is C20H20N4O6. The van der Waals surface area contributed by atoms with Crippen molar-refractivity contribution in [3.05, 3.63) is 48.0 Å². The lowest BCUT2D eigenvalue weighted by atomic mass is 10.2. The number of fused-ring (bicyclic) bond motifs is 1. The Morgan fingerprint density at radius 3 is 2.90 bits per heavy atom. The SMILES string of the molecule is O=C1COc2ccc(N3CC(CCNC(=O)OCc4ccccc4)OC3=O)nc2N1. The number of pyridine rings is 1. The molecule has 2 aliphatic rings. The molecule has 1 aromatic carbocycles. The number of rotatable bonds is 6. The van der Waals surface area contributed by atoms with E-state index in [0.717, 1.165) is 5.56 Å². The number of aromatic nitrogens is 1. The third-order valence-corrected chi connectivity index (χ3v) is 4.56. The third kappa shape index (κ3) is 4.59. The fourth-order valence-electron chi connectivity index (χ4n) is 3.07. The molecule has 0 saturated carbocycles. The maximum atomic E-state index is 12.2. The van der Waals surface area contributed by atoms with Crippen LogP contribution in [0, 0.1) is 0 Å². The minimum absolute atomic E-state index is 0.0668. The van der Waals surface area contributed by atoms with E-state index >= 15 is 0 Å². The van der Waals surface area contributed by atoms with Gasteiger partial charge in [-0.05, 0) is 17.7 Å². The molecule has 0 radical (unpaired) electrons. The number of hydrogen-bond acceptors (Lipinski definition) is 7. The smallest absolute Gasteiger partial charge is 0.415 e. The number of benzene rings is 1. The van der Waals surface area contributed by atoms with Crippen molar-refractivity contribution in [3.63, 3.8) is 0 Å². The molecule has 10 nitrogen and oxygen atoms in total. The normalized spacial score (nSPS) is 17.5. The van der Waals surface area contributed by atoms with E-state index in [2.05, 4.69) is 15.6 Å². The van der Waals surface area contributed by atoms with Gasteiger partial charge in [-0.15, -0.1) is 0 Å². The highest BCUT2D eigenvalue weighted by atomic mass is 16.6. The van der Waals surface area contributed by atoms with Crippen molar-refractivity contribution < 1.29 is 28.6 Å². The molecule has 3 heterocycles. The Labute approximate surface area is 172 Å². The molecular weight excluding hydrogens is 392 g/mol. The van der Waals surface area contributed by atoms with Gasteiger partial charge in [0, 0.05) is 13.0 Å². The van der Waals surface area contributed by atoms with E-state index in [1.807, 2.05) is 30.3 Å². The standard InChI is InChI=1S/C20H20N4O6/c25-17-12-28-15-6-7-16(22-18(15)23-17)24-10-14(30-20(24)27)8-9-21-19(26)29-11-13-4-2-1-3-5-13/h1-7,14H,8-12H2,(H,21,26)(H,22,23,25). The number of alkyl carbamates (subject to hydrolysis) is 1. The average molecular weight is 412 g/mol. The van der Waals surface area contributed by atoms with Crippen molar-refractivity contribution in [3.8, 4) is 5.75 Å². The molecule has 0 spiro atoms. The maximum Gasteiger partial charge on any atom is 0.415 e. The highest BCUT2D eigenvalue weighted by Gasteiger charge is 2.33. The number of hydrogen-bond donors (Lipinski definition) is 2. The largest absolute Gasteiger partial charge is 0.480 e. The summed E-state index contributed by atoms with van der Waals surface area (Å²) in [5.74, 6) is 0.755. The summed E-state index contributed by atoms with van der Waals surface area (Å²) in [6.45, 7) is 0.687. The zero-order chi connectivity index (χ0) is 20.9. The lowest BCUT2D eigenvalue weighted by Gasteiger charge is -2.19. The van der Waals surface area contributed by atoms with E-state index in [1.54, 1.807) is 12.1 Å². The van der Waals surface area contributed by atoms with E-state index < -0.39 is 18.3 Å². The quantitative estimate of drug-likeness (QED) is 0.745. The second kappa shape index (κ2) is 8.68. The molecule has 4 rings (SSSR count). The summed E-state index contributed by atoms with van der Waals surface area (Å²) in [6.07, 6.45) is -1.06. The van der Waals surface area contributed by atoms with Crippen molar-refractivity contribution in [1.82, 2.24) is 10.3 Å². The van der Waals surface area contributed by atoms with Crippen LogP contribution in [0.15, 0.2) is 42.5 Å². The Morgan fingerprint density at radius 1 is 1.23 bits per heavy atom. The van der Waals surface area contributed by atoms with Crippen molar-refractivity contribution in [2.24, 2.45) is 0 Å². The number of nitrogens with zero attached hydrogens (tertiary/aromatic N) is 2. The lowest BCUT2D eigenvalue weighted by molar-refractivity contribution is -0.118. The fourth-order valence-corrected chi connectivity index (χ4v) is 3.07. The first kappa shape index (κ1) is 19.5. The number of anilines is 2. The van der Waals surface area contributed by atoms with Gasteiger partial charge in [0.15, 0.2) is 18.2 Å². The number of cyclic esters (lactones) is 1. The summed E-state index contributed by atoms with van der Waals surface area (Å²) in [4.78, 5) is 41.1. The Morgan fingerprint density at radius 2 is 2.07 bits per heavy atom. The van der Waals surface area contributed by atoms with Gasteiger partial charge in [-0.25, -0.2) is 14.6 Å². The maximum absolute atomic E-state index is 12.2. The van der Waals surface area contributed by atoms with Crippen LogP contribution >= 0.6 is 0 Å². The first-order valence-electron chi connectivity index (χ1n) is 9.45. The first-order valence-corrected chi connectivity index (χ1v) is 9.45. The minimum Gasteiger partial charge on any atom is -0.480 e. The van der Waals surface area contributed by atoms with Crippen LogP contribution in [0.2, 0.25) is 0 Å². The van der Waals surface area contributed by atoms with Crippen LogP contribution in [0.3, 0.4) is 0 Å². The zero-order valence-corrected chi connectivity index (χ0v) is 16.0. The first-order chi connectivity index (χ1) is 14.6. The second-order valence-electron chi connectivity index (χ2n) is 6.75. The van der Waals surface area contributed by atoms with Crippen LogP contribution in [0.1, 0.15) is 12.0 Å². The second-order valence-corrected chi connectivity index (χ2v) is 6.75. The number of carbonyl (C=O) groups is 3. The average Bonchev–Trinajstić information content (AvgIpc) is 3.13. The monoisotopic (exact) mass is 412 g/mol. The Kier molecular flexibility index (Phi) is 5.64. The van der Waals surface area contributed by atoms with Gasteiger partial charge < -0.3 is 24.8 Å². The van der Waals surface area contributed by atoms with E-state index in [0.29, 0.717) is 24.5 Å². The molecule has 30 heavy (non-hydrogen) atoms. The topological polar surface area (TPSA) is 119 Å². The highest BCUT2D eigenvalue weighted by molar-refractivity contribution is 5.95. The van der Waals surface area contributed by atoms with Crippen molar-refractivity contribution in [2.45, 2.75) is 19.1 Å². The van der Waals surface area contributed by atoms with Gasteiger partial charge in [-0.3, -0.25) is 9.69 Å². The molecule has 1 atom stereocenters. The van der Waals surface area contributed by atoms with Crippen LogP contribution < -0.4 is 20.3 Å². The molecule has 3 amide bonds. The van der Waals surface area contributed by atoms with Gasteiger partial charge >= 0.3 is 12.2 Å². The summed E-state index contributed by atoms with van der Waals surface area (Å²) < 4.78 is 15.7. The number of ether oxygens (including phenoxy) is 3. The van der Waals surface area contributed by atoms with Crippen molar-refractivity contribution in [1.29, 1.82) is 0 Å². The predicted molar refractivity (Wildman–Crippen MR) is 105 cm³/mol. The van der Waals surface area contributed by atoms with E-state index in [1.165, 1.54) is 4.90 Å². The van der Waals surface area contributed by atoms with Crippen LogP contribution in [-0.2, 0) is 20.9 Å². The fraction of sp³-hybridized carbons (Fsp3) is 0.300. The van der Waals surface area contributed by atoms with Crippen LogP contribution in [0.4, 0.5) is 21.2 Å². The van der Waals surface area contributed by atoms with Gasteiger partial charge in [-0.2, -0.15) is 0 Å². The highest BCUT2D eigenvalue weighted by Crippen LogP contribution is 2.30. The summed E-state index contributed by atoms with van der Waals surface area (Å²) in [6, 6.07) is 12.6. The predicted octanol–water partition coefficient (Wildman–Crippen LogP) is 2.05. The number of amides is 3. The molecule has 156 valence electrons. The Balaban J connectivity index is 1.24. The van der Waals surface area contributed by atoms with Gasteiger partial charge in [-0.1, -0.05) is 30.3 Å². The van der Waals surface area contributed by atoms with Gasteiger partial charge in [0.25, 0.3) is 5.91 Å². The van der Waals surface area contributed by atoms with E-state index in [4.69, 9.17) is 14.2 Å². The molecule has 1 aromatic heterocycles. The molecule has 0 bridgehead atoms. The van der Waals surface area contributed by atoms with E-state index in [9.17, 15) is 14.4 Å². The number of nitrogens with one attached hydrogen (secondary N) is 2. The van der Waals surface area contributed by atoms with Crippen molar-refractivity contribution in [2.75, 3.05) is 29.9 Å². The Bertz CT molecular complexity index is 952. The summed E-state index contributed by atoms with van der Waals surface area (Å²) >= 11 is 0. The van der Waals surface area contributed by atoms with Gasteiger partial charge in [0.1, 0.15) is 18.5 Å².